The number of benzene rings is 1. The lowest BCUT2D eigenvalue weighted by atomic mass is 9.71. The quantitative estimate of drug-likeness (QED) is 0.597. The zero-order valence-corrected chi connectivity index (χ0v) is 9.92. The lowest BCUT2D eigenvalue weighted by Gasteiger charge is -2.38. The summed E-state index contributed by atoms with van der Waals surface area (Å²) in [7, 11) is 1.50. The Bertz CT molecular complexity index is 488. The van der Waals surface area contributed by atoms with Crippen LogP contribution in [0.25, 0.3) is 0 Å². The van der Waals surface area contributed by atoms with Crippen LogP contribution in [0.4, 0.5) is 4.39 Å². The first-order chi connectivity index (χ1) is 8.14. The first-order valence-corrected chi connectivity index (χ1v) is 5.57. The molecule has 1 saturated carbocycles. The van der Waals surface area contributed by atoms with E-state index in [4.69, 9.17) is 4.74 Å². The molecule has 0 radical (unpaired) electrons. The molecule has 1 fully saturated rings. The SMILES string of the molecule is COc1c(C)ccc(F)c1C1(N=C=O)CCC1. The number of halogens is 1. The molecule has 0 aromatic heterocycles. The zero-order valence-electron chi connectivity index (χ0n) is 9.92. The molecule has 0 atom stereocenters. The predicted molar refractivity (Wildman–Crippen MR) is 61.3 cm³/mol. The van der Waals surface area contributed by atoms with E-state index < -0.39 is 5.54 Å². The summed E-state index contributed by atoms with van der Waals surface area (Å²) in [5.41, 5.74) is 0.481. The lowest BCUT2D eigenvalue weighted by molar-refractivity contribution is 0.236. The number of methoxy groups -OCH3 is 1. The molecule has 1 aromatic rings. The van der Waals surface area contributed by atoms with Gasteiger partial charge in [0.1, 0.15) is 17.1 Å². The van der Waals surface area contributed by atoms with E-state index >= 15 is 0 Å². The van der Waals surface area contributed by atoms with Crippen LogP contribution in [-0.4, -0.2) is 13.2 Å². The lowest BCUT2D eigenvalue weighted by Crippen LogP contribution is -2.33. The van der Waals surface area contributed by atoms with Gasteiger partial charge in [0.15, 0.2) is 0 Å². The minimum absolute atomic E-state index is 0.369. The molecule has 90 valence electrons. The zero-order chi connectivity index (χ0) is 12.5. The second-order valence-corrected chi connectivity index (χ2v) is 4.36. The molecule has 1 aromatic carbocycles. The number of aliphatic imine (C=N–C) groups is 1. The van der Waals surface area contributed by atoms with Gasteiger partial charge >= 0.3 is 0 Å². The number of ether oxygens (including phenoxy) is 1. The number of hydrogen-bond donors (Lipinski definition) is 0. The monoisotopic (exact) mass is 235 g/mol. The van der Waals surface area contributed by atoms with Crippen LogP contribution in [-0.2, 0) is 10.3 Å². The van der Waals surface area contributed by atoms with Crippen molar-refractivity contribution in [2.24, 2.45) is 4.99 Å². The molecule has 1 aliphatic carbocycles. The fraction of sp³-hybridized carbons (Fsp3) is 0.462. The maximum atomic E-state index is 14.0. The van der Waals surface area contributed by atoms with Crippen molar-refractivity contribution in [2.45, 2.75) is 31.7 Å². The van der Waals surface area contributed by atoms with Gasteiger partial charge in [-0.2, -0.15) is 4.99 Å². The van der Waals surface area contributed by atoms with E-state index in [2.05, 4.69) is 4.99 Å². The minimum atomic E-state index is -0.761. The fourth-order valence-electron chi connectivity index (χ4n) is 2.38. The third kappa shape index (κ3) is 1.75. The molecule has 0 heterocycles. The number of nitrogens with zero attached hydrogens (tertiary/aromatic N) is 1. The third-order valence-corrected chi connectivity index (χ3v) is 3.41. The molecule has 2 rings (SSSR count). The summed E-state index contributed by atoms with van der Waals surface area (Å²) >= 11 is 0. The van der Waals surface area contributed by atoms with Gasteiger partial charge in [-0.15, -0.1) is 0 Å². The Morgan fingerprint density at radius 2 is 2.18 bits per heavy atom. The highest BCUT2D eigenvalue weighted by molar-refractivity contribution is 5.49. The molecule has 0 unspecified atom stereocenters. The Morgan fingerprint density at radius 1 is 1.47 bits per heavy atom. The van der Waals surface area contributed by atoms with Crippen LogP contribution in [0.15, 0.2) is 17.1 Å². The van der Waals surface area contributed by atoms with E-state index in [1.54, 1.807) is 12.1 Å². The Balaban J connectivity index is 2.64. The van der Waals surface area contributed by atoms with Crippen molar-refractivity contribution in [1.29, 1.82) is 0 Å². The molecule has 17 heavy (non-hydrogen) atoms. The average Bonchev–Trinajstić information content (AvgIpc) is 2.27. The fourth-order valence-corrected chi connectivity index (χ4v) is 2.38. The van der Waals surface area contributed by atoms with Crippen molar-refractivity contribution in [3.63, 3.8) is 0 Å². The molecule has 0 spiro atoms. The predicted octanol–water partition coefficient (Wildman–Crippen LogP) is 2.86. The van der Waals surface area contributed by atoms with Gasteiger partial charge in [0.2, 0.25) is 6.08 Å². The van der Waals surface area contributed by atoms with E-state index in [0.29, 0.717) is 24.2 Å². The highest BCUT2D eigenvalue weighted by atomic mass is 19.1. The van der Waals surface area contributed by atoms with Crippen LogP contribution in [0.2, 0.25) is 0 Å². The van der Waals surface area contributed by atoms with Gasteiger partial charge in [0.25, 0.3) is 0 Å². The molecule has 0 N–H and O–H groups in total. The van der Waals surface area contributed by atoms with Crippen LogP contribution in [0, 0.1) is 12.7 Å². The maximum absolute atomic E-state index is 14.0. The summed E-state index contributed by atoms with van der Waals surface area (Å²) in [5, 5.41) is 0. The number of rotatable bonds is 3. The van der Waals surface area contributed by atoms with Crippen LogP contribution >= 0.6 is 0 Å². The number of carbonyl (C=O) groups excluding carboxylic acids is 1. The highest BCUT2D eigenvalue weighted by Gasteiger charge is 2.43. The van der Waals surface area contributed by atoms with Gasteiger partial charge < -0.3 is 4.74 Å². The van der Waals surface area contributed by atoms with Crippen molar-refractivity contribution in [1.82, 2.24) is 0 Å². The van der Waals surface area contributed by atoms with Gasteiger partial charge in [-0.05, 0) is 37.8 Å². The second kappa shape index (κ2) is 4.30. The van der Waals surface area contributed by atoms with Crippen LogP contribution in [0.5, 0.6) is 5.75 Å². The number of isocyanates is 1. The van der Waals surface area contributed by atoms with Crippen molar-refractivity contribution in [2.75, 3.05) is 7.11 Å². The van der Waals surface area contributed by atoms with Crippen molar-refractivity contribution < 1.29 is 13.9 Å². The normalized spacial score (nSPS) is 16.9. The third-order valence-electron chi connectivity index (χ3n) is 3.41. The molecule has 4 heteroatoms. The summed E-state index contributed by atoms with van der Waals surface area (Å²) in [4.78, 5) is 14.3. The van der Waals surface area contributed by atoms with E-state index in [9.17, 15) is 9.18 Å². The molecule has 0 bridgehead atoms. The average molecular weight is 235 g/mol. The Kier molecular flexibility index (Phi) is 2.99. The Labute approximate surface area is 99.3 Å². The number of hydrogen-bond acceptors (Lipinski definition) is 3. The van der Waals surface area contributed by atoms with Crippen LogP contribution in [0.3, 0.4) is 0 Å². The van der Waals surface area contributed by atoms with Gasteiger partial charge in [0, 0.05) is 0 Å². The molecule has 0 aliphatic heterocycles. The van der Waals surface area contributed by atoms with E-state index in [1.807, 2.05) is 6.92 Å². The standard InChI is InChI=1S/C13H14FNO2/c1-9-4-5-10(14)11(12(9)17-2)13(15-8-16)6-3-7-13/h4-5H,3,6-7H2,1-2H3. The first-order valence-electron chi connectivity index (χ1n) is 5.57. The molecule has 0 saturated heterocycles. The van der Waals surface area contributed by atoms with Gasteiger partial charge in [-0.25, -0.2) is 9.18 Å². The summed E-state index contributed by atoms with van der Waals surface area (Å²) in [6.45, 7) is 1.85. The minimum Gasteiger partial charge on any atom is -0.496 e. The summed E-state index contributed by atoms with van der Waals surface area (Å²) < 4.78 is 19.2. The maximum Gasteiger partial charge on any atom is 0.235 e. The molecule has 1 aliphatic rings. The van der Waals surface area contributed by atoms with Crippen molar-refractivity contribution in [3.8, 4) is 5.75 Å². The largest absolute Gasteiger partial charge is 0.496 e. The van der Waals surface area contributed by atoms with Crippen LogP contribution < -0.4 is 4.74 Å². The summed E-state index contributed by atoms with van der Waals surface area (Å²) in [6, 6.07) is 3.06. The van der Waals surface area contributed by atoms with Crippen LogP contribution in [0.1, 0.15) is 30.4 Å². The van der Waals surface area contributed by atoms with E-state index in [1.165, 1.54) is 13.2 Å². The molecular formula is C13H14FNO2. The molecule has 3 nitrogen and oxygen atoms in total. The number of aryl methyl sites for hydroxylation is 1. The highest BCUT2D eigenvalue weighted by Crippen LogP contribution is 2.49. The second-order valence-electron chi connectivity index (χ2n) is 4.36. The van der Waals surface area contributed by atoms with Gasteiger partial charge in [0.05, 0.1) is 12.7 Å². The van der Waals surface area contributed by atoms with E-state index in [-0.39, 0.29) is 5.82 Å². The van der Waals surface area contributed by atoms with E-state index in [0.717, 1.165) is 12.0 Å². The van der Waals surface area contributed by atoms with Crippen molar-refractivity contribution in [3.05, 3.63) is 29.1 Å². The Morgan fingerprint density at radius 3 is 2.65 bits per heavy atom. The topological polar surface area (TPSA) is 38.7 Å². The molecule has 0 amide bonds. The summed E-state index contributed by atoms with van der Waals surface area (Å²) in [5.74, 6) is 0.120. The van der Waals surface area contributed by atoms with Gasteiger partial charge in [-0.3, -0.25) is 0 Å². The summed E-state index contributed by atoms with van der Waals surface area (Å²) in [6.07, 6.45) is 3.82. The Hall–Kier alpha value is -1.67. The van der Waals surface area contributed by atoms with Crippen molar-refractivity contribution >= 4 is 6.08 Å². The smallest absolute Gasteiger partial charge is 0.235 e. The molecular weight excluding hydrogens is 221 g/mol. The first kappa shape index (κ1) is 11.8. The van der Waals surface area contributed by atoms with Gasteiger partial charge in [-0.1, -0.05) is 6.07 Å².